The van der Waals surface area contributed by atoms with Crippen molar-refractivity contribution in [3.05, 3.63) is 101 Å². The summed E-state index contributed by atoms with van der Waals surface area (Å²) in [5.74, 6) is -0.259. The maximum absolute atomic E-state index is 13.6. The highest BCUT2D eigenvalue weighted by Gasteiger charge is 2.33. The van der Waals surface area contributed by atoms with E-state index in [1.165, 1.54) is 22.7 Å². The third-order valence-electron chi connectivity index (χ3n) is 5.74. The molecule has 1 aliphatic rings. The smallest absolute Gasteiger partial charge is 0.271 e. The number of nitrogens with zero attached hydrogens (tertiary/aromatic N) is 4. The fraction of sp³-hybridized carbons (Fsp3) is 0.200. The Labute approximate surface area is 204 Å². The molecule has 1 amide bonds. The van der Waals surface area contributed by atoms with Crippen molar-refractivity contribution >= 4 is 40.3 Å². The summed E-state index contributed by atoms with van der Waals surface area (Å²) in [6.45, 7) is 6.54. The third kappa shape index (κ3) is 3.97. The van der Waals surface area contributed by atoms with Crippen molar-refractivity contribution in [2.75, 3.05) is 5.32 Å². The van der Waals surface area contributed by atoms with Gasteiger partial charge in [0.15, 0.2) is 4.80 Å². The lowest BCUT2D eigenvalue weighted by molar-refractivity contribution is -0.113. The van der Waals surface area contributed by atoms with E-state index in [0.717, 1.165) is 22.7 Å². The quantitative estimate of drug-likeness (QED) is 0.466. The van der Waals surface area contributed by atoms with Crippen molar-refractivity contribution in [1.82, 2.24) is 14.3 Å². The van der Waals surface area contributed by atoms with E-state index in [1.54, 1.807) is 10.6 Å². The van der Waals surface area contributed by atoms with E-state index >= 15 is 0 Å². The normalized spacial score (nSPS) is 15.9. The summed E-state index contributed by atoms with van der Waals surface area (Å²) in [5.41, 5.74) is 3.32. The molecule has 1 atom stereocenters. The molecule has 3 aromatic heterocycles. The number of aryl methyl sites for hydroxylation is 2. The number of rotatable bonds is 5. The van der Waals surface area contributed by atoms with E-state index in [9.17, 15) is 9.59 Å². The average Bonchev–Trinajstić information content (AvgIpc) is 3.56. The lowest BCUT2D eigenvalue weighted by Gasteiger charge is -2.24. The SMILES string of the molecule is CCn1ccc(/C=c2/sc3n(c2=O)C(c2cccs2)C(C(=O)Nc2ccccc2C)=C(C)N=3)n1. The van der Waals surface area contributed by atoms with Gasteiger partial charge in [0.25, 0.3) is 11.5 Å². The number of aromatic nitrogens is 3. The predicted octanol–water partition coefficient (Wildman–Crippen LogP) is 3.46. The number of fused-ring (bicyclic) bond motifs is 1. The zero-order valence-electron chi connectivity index (χ0n) is 19.0. The lowest BCUT2D eigenvalue weighted by atomic mass is 10.0. The van der Waals surface area contributed by atoms with E-state index in [-0.39, 0.29) is 11.5 Å². The van der Waals surface area contributed by atoms with E-state index < -0.39 is 6.04 Å². The number of hydrogen-bond donors (Lipinski definition) is 1. The Kier molecular flexibility index (Phi) is 5.89. The number of amides is 1. The number of carbonyl (C=O) groups is 1. The minimum absolute atomic E-state index is 0.179. The molecule has 1 aliphatic heterocycles. The Bertz CT molecular complexity index is 1590. The molecule has 0 bridgehead atoms. The summed E-state index contributed by atoms with van der Waals surface area (Å²) in [6, 6.07) is 12.8. The molecule has 0 radical (unpaired) electrons. The number of hydrogen-bond acceptors (Lipinski definition) is 6. The van der Waals surface area contributed by atoms with Crippen molar-refractivity contribution in [3.8, 4) is 0 Å². The first kappa shape index (κ1) is 22.2. The molecule has 9 heteroatoms. The fourth-order valence-electron chi connectivity index (χ4n) is 4.00. The van der Waals surface area contributed by atoms with Crippen molar-refractivity contribution in [2.24, 2.45) is 4.99 Å². The van der Waals surface area contributed by atoms with E-state index in [1.807, 2.05) is 79.5 Å². The summed E-state index contributed by atoms with van der Waals surface area (Å²) >= 11 is 2.83. The van der Waals surface area contributed by atoms with Crippen LogP contribution in [-0.2, 0) is 11.3 Å². The van der Waals surface area contributed by atoms with Gasteiger partial charge in [0.05, 0.1) is 21.5 Å². The Morgan fingerprint density at radius 2 is 2.00 bits per heavy atom. The monoisotopic (exact) mass is 489 g/mol. The topological polar surface area (TPSA) is 81.3 Å². The van der Waals surface area contributed by atoms with E-state index in [0.29, 0.717) is 26.3 Å². The van der Waals surface area contributed by atoms with E-state index in [4.69, 9.17) is 0 Å². The Hall–Kier alpha value is -3.56. The number of benzene rings is 1. The van der Waals surface area contributed by atoms with Gasteiger partial charge in [0, 0.05) is 23.3 Å². The molecule has 1 N–H and O–H groups in total. The van der Waals surface area contributed by atoms with Crippen LogP contribution in [0.4, 0.5) is 5.69 Å². The van der Waals surface area contributed by atoms with Crippen LogP contribution in [0, 0.1) is 6.92 Å². The molecule has 4 heterocycles. The first-order chi connectivity index (χ1) is 16.5. The molecule has 172 valence electrons. The van der Waals surface area contributed by atoms with Crippen LogP contribution in [0.15, 0.2) is 75.1 Å². The first-order valence-corrected chi connectivity index (χ1v) is 12.6. The summed E-state index contributed by atoms with van der Waals surface area (Å²) < 4.78 is 3.99. The third-order valence-corrected chi connectivity index (χ3v) is 7.64. The Morgan fingerprint density at radius 1 is 1.18 bits per heavy atom. The van der Waals surface area contributed by atoms with Crippen molar-refractivity contribution < 1.29 is 4.79 Å². The second-order valence-corrected chi connectivity index (χ2v) is 9.95. The molecule has 0 saturated heterocycles. The summed E-state index contributed by atoms with van der Waals surface area (Å²) in [5, 5.41) is 9.45. The Balaban J connectivity index is 1.64. The number of anilines is 1. The number of carbonyl (C=O) groups excluding carboxylic acids is 1. The van der Waals surface area contributed by atoms with Gasteiger partial charge in [0.2, 0.25) is 0 Å². The van der Waals surface area contributed by atoms with Gasteiger partial charge in [-0.25, -0.2) is 4.99 Å². The minimum Gasteiger partial charge on any atom is -0.322 e. The van der Waals surface area contributed by atoms with Gasteiger partial charge in [-0.2, -0.15) is 5.10 Å². The molecular weight excluding hydrogens is 466 g/mol. The maximum atomic E-state index is 13.6. The highest BCUT2D eigenvalue weighted by Crippen LogP contribution is 2.33. The second kappa shape index (κ2) is 9.00. The van der Waals surface area contributed by atoms with Gasteiger partial charge in [-0.1, -0.05) is 35.6 Å². The second-order valence-electron chi connectivity index (χ2n) is 7.96. The highest BCUT2D eigenvalue weighted by molar-refractivity contribution is 7.10. The average molecular weight is 490 g/mol. The number of allylic oxidation sites excluding steroid dienone is 1. The van der Waals surface area contributed by atoms with Crippen LogP contribution < -0.4 is 20.2 Å². The van der Waals surface area contributed by atoms with Gasteiger partial charge >= 0.3 is 0 Å². The summed E-state index contributed by atoms with van der Waals surface area (Å²) in [4.78, 5) is 33.3. The molecule has 7 nitrogen and oxygen atoms in total. The molecule has 5 rings (SSSR count). The first-order valence-electron chi connectivity index (χ1n) is 10.9. The van der Waals surface area contributed by atoms with Crippen LogP contribution in [0.5, 0.6) is 0 Å². The number of nitrogens with one attached hydrogen (secondary N) is 1. The number of thiophene rings is 1. The molecule has 0 spiro atoms. The van der Waals surface area contributed by atoms with Gasteiger partial charge in [-0.3, -0.25) is 18.8 Å². The highest BCUT2D eigenvalue weighted by atomic mass is 32.1. The van der Waals surface area contributed by atoms with Crippen molar-refractivity contribution in [2.45, 2.75) is 33.4 Å². The lowest BCUT2D eigenvalue weighted by Crippen LogP contribution is -2.40. The molecule has 1 aromatic carbocycles. The molecule has 1 unspecified atom stereocenters. The Morgan fingerprint density at radius 3 is 2.71 bits per heavy atom. The van der Waals surface area contributed by atoms with Gasteiger partial charge in [0.1, 0.15) is 6.04 Å². The van der Waals surface area contributed by atoms with Crippen LogP contribution in [0.2, 0.25) is 0 Å². The zero-order chi connectivity index (χ0) is 23.8. The van der Waals surface area contributed by atoms with Gasteiger partial charge in [-0.05, 0) is 56.0 Å². The molecule has 34 heavy (non-hydrogen) atoms. The molecule has 0 fully saturated rings. The molecule has 0 saturated carbocycles. The molecule has 0 aliphatic carbocycles. The van der Waals surface area contributed by atoms with Gasteiger partial charge in [-0.15, -0.1) is 11.3 Å². The standard InChI is InChI=1S/C25H23N5O2S2/c1-4-29-12-11-17(28-29)14-20-24(32)30-22(19-10-7-13-33-19)21(16(3)26-25(30)34-20)23(31)27-18-9-6-5-8-15(18)2/h5-14,22H,4H2,1-3H3,(H,27,31)/b20-14+. The number of para-hydroxylation sites is 1. The van der Waals surface area contributed by atoms with E-state index in [2.05, 4.69) is 15.4 Å². The summed E-state index contributed by atoms with van der Waals surface area (Å²) in [6.07, 6.45) is 3.67. The molecule has 4 aromatic rings. The van der Waals surface area contributed by atoms with Gasteiger partial charge < -0.3 is 5.32 Å². The predicted molar refractivity (Wildman–Crippen MR) is 136 cm³/mol. The summed E-state index contributed by atoms with van der Waals surface area (Å²) in [7, 11) is 0. The fourth-order valence-corrected chi connectivity index (χ4v) is 5.85. The van der Waals surface area contributed by atoms with Crippen LogP contribution in [-0.4, -0.2) is 20.3 Å². The number of thiazole rings is 1. The van der Waals surface area contributed by atoms with Crippen molar-refractivity contribution in [1.29, 1.82) is 0 Å². The van der Waals surface area contributed by atoms with Crippen LogP contribution >= 0.6 is 22.7 Å². The molecular formula is C25H23N5O2S2. The van der Waals surface area contributed by atoms with Crippen LogP contribution in [0.25, 0.3) is 6.08 Å². The maximum Gasteiger partial charge on any atom is 0.271 e. The van der Waals surface area contributed by atoms with Crippen molar-refractivity contribution in [3.63, 3.8) is 0 Å². The largest absolute Gasteiger partial charge is 0.322 e. The van der Waals surface area contributed by atoms with Crippen LogP contribution in [0.3, 0.4) is 0 Å². The minimum atomic E-state index is -0.546. The van der Waals surface area contributed by atoms with Crippen LogP contribution in [0.1, 0.15) is 36.0 Å². The zero-order valence-corrected chi connectivity index (χ0v) is 20.6.